The molecule has 17 nitrogen and oxygen atoms in total. The van der Waals surface area contributed by atoms with E-state index in [1.54, 1.807) is 7.11 Å². The first-order chi connectivity index (χ1) is 29.0. The molecule has 17 heteroatoms. The minimum absolute atomic E-state index is 0.0286. The number of rotatable bonds is 12. The van der Waals surface area contributed by atoms with Gasteiger partial charge in [0.25, 0.3) is 0 Å². The molecule has 7 heterocycles. The third-order valence-corrected chi connectivity index (χ3v) is 16.3. The van der Waals surface area contributed by atoms with Gasteiger partial charge < -0.3 is 78.0 Å². The number of carboxylic acid groups (broad SMARTS) is 1. The van der Waals surface area contributed by atoms with Crippen LogP contribution in [-0.4, -0.2) is 166 Å². The van der Waals surface area contributed by atoms with E-state index in [0.717, 1.165) is 6.42 Å². The monoisotopic (exact) mass is 889 g/mol. The standard InChI is InChI=1S/C45H76O17/c1-22-17-23(2)45(52,21-46)60-36(22)30-18-31(56-34-12-11-29(53-9)27(6)55-34)40(57-30)42(8)14-13-32(58-42)41(7)15-16-43(62-41)19-28(47)24(3)37(59-43)25(4)38-39(54-10)35(50)26(5)44(51,61-38)20-33(48)49/h22-32,34-40,46-47,50-52H,11-21H2,1-10H3,(H,48,49)/t22-,23+,24+,25+,26-,27-,28-,29+,30-,31-,32-,34+,35+,36-,37-,38-,39-,40-,41-,42+,43+,44+,45-/m0/s1. The second kappa shape index (κ2) is 18.2. The van der Waals surface area contributed by atoms with E-state index in [1.807, 2.05) is 41.5 Å². The van der Waals surface area contributed by atoms with Crippen LogP contribution in [0.5, 0.6) is 0 Å². The summed E-state index contributed by atoms with van der Waals surface area (Å²) in [6, 6.07) is 0. The summed E-state index contributed by atoms with van der Waals surface area (Å²) in [6.07, 6.45) is -3.27. The highest BCUT2D eigenvalue weighted by molar-refractivity contribution is 5.68. The molecule has 7 fully saturated rings. The summed E-state index contributed by atoms with van der Waals surface area (Å²) in [5, 5.41) is 65.3. The van der Waals surface area contributed by atoms with Crippen LogP contribution in [0.15, 0.2) is 0 Å². The van der Waals surface area contributed by atoms with Crippen molar-refractivity contribution in [3.63, 3.8) is 0 Å². The Hall–Kier alpha value is -1.13. The molecule has 7 aliphatic rings. The smallest absolute Gasteiger partial charge is 0.308 e. The zero-order chi connectivity index (χ0) is 45.3. The van der Waals surface area contributed by atoms with Crippen molar-refractivity contribution < 1.29 is 82.8 Å². The van der Waals surface area contributed by atoms with Gasteiger partial charge in [0.2, 0.25) is 0 Å². The van der Waals surface area contributed by atoms with Crippen LogP contribution in [0.4, 0.5) is 0 Å². The zero-order valence-electron chi connectivity index (χ0n) is 38.3. The fraction of sp³-hybridized carbons (Fsp3) is 0.978. The van der Waals surface area contributed by atoms with Crippen molar-refractivity contribution in [2.75, 3.05) is 20.8 Å². The molecule has 6 N–H and O–H groups in total. The topological polar surface area (TPSA) is 231 Å². The highest BCUT2D eigenvalue weighted by Crippen LogP contribution is 2.54. The SMILES string of the molecule is CO[C@H]1[C@H](O)[C@H](C)[C@@](O)(CC(=O)O)O[C@H]1[C@H](C)[C@H]1O[C@@]2(CC[C@@](C)([C@@H]3CC[C@](C)([C@H]4O[C@H]([C@H]5O[C@@](O)(CO)[C@H](C)C[C@@H]5C)C[C@@H]4O[C@@H]4CC[C@@H](OC)[C@H](C)O4)O3)O2)C[C@H](O)[C@H]1C. The summed E-state index contributed by atoms with van der Waals surface area (Å²) in [6.45, 7) is 14.7. The Morgan fingerprint density at radius 2 is 1.55 bits per heavy atom. The highest BCUT2D eigenvalue weighted by atomic mass is 16.7. The lowest BCUT2D eigenvalue weighted by atomic mass is 9.75. The summed E-state index contributed by atoms with van der Waals surface area (Å²) >= 11 is 0. The Morgan fingerprint density at radius 3 is 2.19 bits per heavy atom. The van der Waals surface area contributed by atoms with E-state index in [0.29, 0.717) is 44.9 Å². The Kier molecular flexibility index (Phi) is 14.3. The van der Waals surface area contributed by atoms with Crippen molar-refractivity contribution in [2.45, 2.75) is 228 Å². The van der Waals surface area contributed by atoms with Gasteiger partial charge in [0.1, 0.15) is 12.2 Å². The number of aliphatic hydroxyl groups is 5. The highest BCUT2D eigenvalue weighted by Gasteiger charge is 2.63. The number of aliphatic carboxylic acids is 1. The number of methoxy groups -OCH3 is 2. The van der Waals surface area contributed by atoms with Gasteiger partial charge in [0.05, 0.1) is 85.3 Å². The Bertz CT molecular complexity index is 1560. The van der Waals surface area contributed by atoms with Crippen molar-refractivity contribution in [1.82, 2.24) is 0 Å². The van der Waals surface area contributed by atoms with Gasteiger partial charge in [-0.15, -0.1) is 0 Å². The van der Waals surface area contributed by atoms with E-state index in [-0.39, 0.29) is 36.6 Å². The molecule has 0 aliphatic carbocycles. The molecule has 0 amide bonds. The molecule has 7 saturated heterocycles. The van der Waals surface area contributed by atoms with Crippen LogP contribution in [-0.2, 0) is 52.2 Å². The predicted octanol–water partition coefficient (Wildman–Crippen LogP) is 3.01. The maximum absolute atomic E-state index is 11.8. The van der Waals surface area contributed by atoms with Crippen LogP contribution in [0, 0.1) is 29.6 Å². The summed E-state index contributed by atoms with van der Waals surface area (Å²) in [7, 11) is 3.12. The van der Waals surface area contributed by atoms with Crippen molar-refractivity contribution in [1.29, 1.82) is 0 Å². The van der Waals surface area contributed by atoms with Crippen molar-refractivity contribution in [2.24, 2.45) is 29.6 Å². The molecule has 0 saturated carbocycles. The average molecular weight is 889 g/mol. The second-order valence-corrected chi connectivity index (χ2v) is 20.7. The van der Waals surface area contributed by atoms with Crippen LogP contribution < -0.4 is 0 Å². The molecular weight excluding hydrogens is 812 g/mol. The minimum atomic E-state index is -2.16. The maximum Gasteiger partial charge on any atom is 0.308 e. The molecule has 0 bridgehead atoms. The number of aliphatic hydroxyl groups excluding tert-OH is 3. The van der Waals surface area contributed by atoms with Crippen LogP contribution in [0.1, 0.15) is 120 Å². The number of hydrogen-bond donors (Lipinski definition) is 6. The fourth-order valence-electron chi connectivity index (χ4n) is 12.1. The van der Waals surface area contributed by atoms with Gasteiger partial charge in [-0.1, -0.05) is 34.6 Å². The Morgan fingerprint density at radius 1 is 0.823 bits per heavy atom. The first kappa shape index (κ1) is 48.8. The second-order valence-electron chi connectivity index (χ2n) is 20.7. The number of carbonyl (C=O) groups is 1. The predicted molar refractivity (Wildman–Crippen MR) is 218 cm³/mol. The van der Waals surface area contributed by atoms with E-state index in [4.69, 9.17) is 47.4 Å². The van der Waals surface area contributed by atoms with Crippen LogP contribution in [0.25, 0.3) is 0 Å². The van der Waals surface area contributed by atoms with E-state index in [1.165, 1.54) is 14.0 Å². The van der Waals surface area contributed by atoms with Crippen molar-refractivity contribution in [3.8, 4) is 0 Å². The van der Waals surface area contributed by atoms with Crippen molar-refractivity contribution in [3.05, 3.63) is 0 Å². The molecule has 358 valence electrons. The summed E-state index contributed by atoms with van der Waals surface area (Å²) < 4.78 is 64.9. The minimum Gasteiger partial charge on any atom is -0.481 e. The maximum atomic E-state index is 11.8. The molecule has 0 aromatic carbocycles. The molecule has 1 spiro atoms. The molecule has 23 atom stereocenters. The molecule has 0 aromatic heterocycles. The van der Waals surface area contributed by atoms with Gasteiger partial charge in [-0.05, 0) is 58.8 Å². The average Bonchev–Trinajstić information content (AvgIpc) is 3.92. The molecule has 0 radical (unpaired) electrons. The van der Waals surface area contributed by atoms with E-state index in [2.05, 4.69) is 6.92 Å². The van der Waals surface area contributed by atoms with Gasteiger partial charge in [-0.25, -0.2) is 0 Å². The Labute approximate surface area is 366 Å². The molecule has 7 rings (SSSR count). The Balaban J connectivity index is 1.08. The van der Waals surface area contributed by atoms with Crippen LogP contribution in [0.3, 0.4) is 0 Å². The zero-order valence-corrected chi connectivity index (χ0v) is 38.3. The van der Waals surface area contributed by atoms with Gasteiger partial charge in [0, 0.05) is 63.6 Å². The lowest BCUT2D eigenvalue weighted by Gasteiger charge is -2.53. The molecule has 0 unspecified atom stereocenters. The number of carboxylic acids is 1. The quantitative estimate of drug-likeness (QED) is 0.165. The summed E-state index contributed by atoms with van der Waals surface area (Å²) in [5.41, 5.74) is -1.65. The van der Waals surface area contributed by atoms with Crippen molar-refractivity contribution >= 4 is 5.97 Å². The molecule has 62 heavy (non-hydrogen) atoms. The van der Waals surface area contributed by atoms with E-state index in [9.17, 15) is 35.4 Å². The van der Waals surface area contributed by atoms with Crippen LogP contribution >= 0.6 is 0 Å². The third-order valence-electron chi connectivity index (χ3n) is 16.3. The fourth-order valence-corrected chi connectivity index (χ4v) is 12.1. The molecule has 0 aromatic rings. The van der Waals surface area contributed by atoms with Gasteiger partial charge in [-0.3, -0.25) is 4.79 Å². The van der Waals surface area contributed by atoms with Crippen LogP contribution in [0.2, 0.25) is 0 Å². The van der Waals surface area contributed by atoms with E-state index >= 15 is 0 Å². The molecule has 7 aliphatic heterocycles. The first-order valence-electron chi connectivity index (χ1n) is 23.1. The van der Waals surface area contributed by atoms with Gasteiger partial charge in [-0.2, -0.15) is 0 Å². The summed E-state index contributed by atoms with van der Waals surface area (Å²) in [4.78, 5) is 11.8. The number of hydrogen-bond acceptors (Lipinski definition) is 16. The summed E-state index contributed by atoms with van der Waals surface area (Å²) in [5.74, 6) is -8.48. The third kappa shape index (κ3) is 9.02. The lowest BCUT2D eigenvalue weighted by molar-refractivity contribution is -0.363. The largest absolute Gasteiger partial charge is 0.481 e. The van der Waals surface area contributed by atoms with E-state index < -0.39 is 127 Å². The first-order valence-corrected chi connectivity index (χ1v) is 23.1. The normalized spacial score (nSPS) is 54.2. The lowest BCUT2D eigenvalue weighted by Crippen LogP contribution is -2.65. The number of ether oxygens (including phenoxy) is 10. The van der Waals surface area contributed by atoms with Gasteiger partial charge in [0.15, 0.2) is 23.7 Å². The van der Waals surface area contributed by atoms with Gasteiger partial charge >= 0.3 is 5.97 Å². The molecular formula is C45H76O17.